The standard InChI is InChI=1S/C8H4BrF3INO3/c9-2-4-3(7(15)16)1-5(14-6(4)13)17-8(10,11)12/h1H,2H2,(H,15,16). The topological polar surface area (TPSA) is 59.4 Å². The molecule has 4 nitrogen and oxygen atoms in total. The first-order valence-electron chi connectivity index (χ1n) is 3.99. The molecule has 0 radical (unpaired) electrons. The second kappa shape index (κ2) is 5.38. The Kier molecular flexibility index (Phi) is 4.58. The first-order chi connectivity index (χ1) is 7.74. The molecule has 0 saturated heterocycles. The normalized spacial score (nSPS) is 11.4. The van der Waals surface area contributed by atoms with E-state index in [0.29, 0.717) is 5.56 Å². The van der Waals surface area contributed by atoms with Crippen LogP contribution in [0.5, 0.6) is 5.88 Å². The zero-order valence-corrected chi connectivity index (χ0v) is 11.6. The highest BCUT2D eigenvalue weighted by atomic mass is 127. The monoisotopic (exact) mass is 425 g/mol. The molecule has 0 bridgehead atoms. The maximum atomic E-state index is 12.0. The van der Waals surface area contributed by atoms with Gasteiger partial charge in [0.05, 0.1) is 5.56 Å². The highest BCUT2D eigenvalue weighted by Gasteiger charge is 2.32. The second-order valence-electron chi connectivity index (χ2n) is 2.76. The van der Waals surface area contributed by atoms with Crippen LogP contribution in [0.3, 0.4) is 0 Å². The molecule has 1 aromatic heterocycles. The lowest BCUT2D eigenvalue weighted by Gasteiger charge is -2.11. The molecule has 0 saturated carbocycles. The number of alkyl halides is 4. The van der Waals surface area contributed by atoms with Gasteiger partial charge in [-0.2, -0.15) is 0 Å². The summed E-state index contributed by atoms with van der Waals surface area (Å²) in [6.45, 7) is 0. The van der Waals surface area contributed by atoms with E-state index in [-0.39, 0.29) is 14.6 Å². The Balaban J connectivity index is 3.25. The van der Waals surface area contributed by atoms with Crippen LogP contribution in [0.4, 0.5) is 13.2 Å². The Morgan fingerprint density at radius 3 is 2.59 bits per heavy atom. The van der Waals surface area contributed by atoms with Crippen molar-refractivity contribution in [1.29, 1.82) is 0 Å². The predicted octanol–water partition coefficient (Wildman–Crippen LogP) is 3.18. The number of carboxylic acid groups (broad SMARTS) is 1. The molecule has 1 heterocycles. The van der Waals surface area contributed by atoms with E-state index in [1.165, 1.54) is 0 Å². The smallest absolute Gasteiger partial charge is 0.478 e. The van der Waals surface area contributed by atoms with Gasteiger partial charge in [-0.05, 0) is 22.6 Å². The number of aromatic carboxylic acids is 1. The van der Waals surface area contributed by atoms with Gasteiger partial charge in [0.1, 0.15) is 3.70 Å². The number of rotatable bonds is 3. The van der Waals surface area contributed by atoms with Crippen LogP contribution in [0, 0.1) is 3.70 Å². The van der Waals surface area contributed by atoms with Gasteiger partial charge in [0.15, 0.2) is 0 Å². The third-order valence-corrected chi connectivity index (χ3v) is 3.09. The van der Waals surface area contributed by atoms with Gasteiger partial charge in [-0.1, -0.05) is 15.9 Å². The van der Waals surface area contributed by atoms with Crippen molar-refractivity contribution in [2.45, 2.75) is 11.7 Å². The van der Waals surface area contributed by atoms with Crippen LogP contribution in [-0.4, -0.2) is 22.4 Å². The molecule has 0 spiro atoms. The van der Waals surface area contributed by atoms with Crippen molar-refractivity contribution in [2.75, 3.05) is 0 Å². The van der Waals surface area contributed by atoms with Crippen molar-refractivity contribution in [1.82, 2.24) is 4.98 Å². The number of carboxylic acids is 1. The van der Waals surface area contributed by atoms with Gasteiger partial charge in [0.2, 0.25) is 5.88 Å². The minimum atomic E-state index is -4.90. The van der Waals surface area contributed by atoms with Crippen LogP contribution < -0.4 is 4.74 Å². The number of halogens is 5. The Morgan fingerprint density at radius 2 is 2.18 bits per heavy atom. The molecule has 1 rings (SSSR count). The Bertz CT molecular complexity index is 452. The Morgan fingerprint density at radius 1 is 1.59 bits per heavy atom. The molecule has 0 unspecified atom stereocenters. The number of hydrogen-bond donors (Lipinski definition) is 1. The van der Waals surface area contributed by atoms with Gasteiger partial charge < -0.3 is 9.84 Å². The van der Waals surface area contributed by atoms with E-state index >= 15 is 0 Å². The van der Waals surface area contributed by atoms with Crippen molar-refractivity contribution in [2.24, 2.45) is 0 Å². The molecule has 1 aromatic rings. The first-order valence-corrected chi connectivity index (χ1v) is 6.19. The van der Waals surface area contributed by atoms with E-state index in [2.05, 4.69) is 25.7 Å². The third kappa shape index (κ3) is 3.98. The third-order valence-electron chi connectivity index (χ3n) is 1.63. The number of carbonyl (C=O) groups is 1. The Labute approximate surface area is 115 Å². The SMILES string of the molecule is O=C(O)c1cc(OC(F)(F)F)nc(I)c1CBr. The summed E-state index contributed by atoms with van der Waals surface area (Å²) in [5, 5.41) is 9.03. The van der Waals surface area contributed by atoms with Crippen molar-refractivity contribution in [3.05, 3.63) is 20.9 Å². The molecular weight excluding hydrogens is 422 g/mol. The summed E-state index contributed by atoms with van der Waals surface area (Å²) in [5.41, 5.74) is 0.0214. The molecule has 94 valence electrons. The highest BCUT2D eigenvalue weighted by molar-refractivity contribution is 14.1. The quantitative estimate of drug-likeness (QED) is 0.459. The lowest BCUT2D eigenvalue weighted by Crippen LogP contribution is -2.19. The molecule has 0 aliphatic rings. The van der Waals surface area contributed by atoms with E-state index in [0.717, 1.165) is 6.07 Å². The Hall–Kier alpha value is -0.580. The van der Waals surface area contributed by atoms with Gasteiger partial charge in [-0.25, -0.2) is 9.78 Å². The molecule has 17 heavy (non-hydrogen) atoms. The fourth-order valence-electron chi connectivity index (χ4n) is 1.01. The van der Waals surface area contributed by atoms with Gasteiger partial charge in [-0.15, -0.1) is 13.2 Å². The maximum absolute atomic E-state index is 12.0. The van der Waals surface area contributed by atoms with Crippen LogP contribution in [0.15, 0.2) is 6.07 Å². The van der Waals surface area contributed by atoms with E-state index in [1.807, 2.05) is 0 Å². The lowest BCUT2D eigenvalue weighted by molar-refractivity contribution is -0.276. The van der Waals surface area contributed by atoms with Gasteiger partial charge in [0.25, 0.3) is 0 Å². The van der Waals surface area contributed by atoms with Crippen molar-refractivity contribution >= 4 is 44.5 Å². The number of pyridine rings is 1. The summed E-state index contributed by atoms with van der Waals surface area (Å²) in [5.74, 6) is -2.13. The lowest BCUT2D eigenvalue weighted by atomic mass is 10.1. The number of hydrogen-bond acceptors (Lipinski definition) is 3. The summed E-state index contributed by atoms with van der Waals surface area (Å²) in [6.07, 6.45) is -4.90. The number of nitrogens with zero attached hydrogens (tertiary/aromatic N) is 1. The molecule has 0 aliphatic heterocycles. The predicted molar refractivity (Wildman–Crippen MR) is 63.2 cm³/mol. The van der Waals surface area contributed by atoms with Crippen molar-refractivity contribution in [3.8, 4) is 5.88 Å². The van der Waals surface area contributed by atoms with Crippen LogP contribution in [0.2, 0.25) is 0 Å². The molecule has 0 atom stereocenters. The zero-order valence-electron chi connectivity index (χ0n) is 7.89. The van der Waals surface area contributed by atoms with Gasteiger partial charge >= 0.3 is 12.3 Å². The van der Waals surface area contributed by atoms with Gasteiger partial charge in [0, 0.05) is 17.0 Å². The fourth-order valence-corrected chi connectivity index (χ4v) is 2.82. The molecule has 9 heteroatoms. The highest BCUT2D eigenvalue weighted by Crippen LogP contribution is 2.26. The van der Waals surface area contributed by atoms with E-state index in [1.54, 1.807) is 22.6 Å². The summed E-state index contributed by atoms with van der Waals surface area (Å²) >= 11 is 4.69. The molecule has 0 amide bonds. The van der Waals surface area contributed by atoms with Crippen LogP contribution >= 0.6 is 38.5 Å². The second-order valence-corrected chi connectivity index (χ2v) is 4.35. The minimum Gasteiger partial charge on any atom is -0.478 e. The molecule has 0 aromatic carbocycles. The summed E-state index contributed by atoms with van der Waals surface area (Å²) in [4.78, 5) is 14.4. The average molecular weight is 426 g/mol. The van der Waals surface area contributed by atoms with Crippen molar-refractivity contribution in [3.63, 3.8) is 0 Å². The molecular formula is C8H4BrF3INO3. The van der Waals surface area contributed by atoms with Crippen LogP contribution in [0.25, 0.3) is 0 Å². The van der Waals surface area contributed by atoms with Crippen molar-refractivity contribution < 1.29 is 27.8 Å². The average Bonchev–Trinajstić information content (AvgIpc) is 2.13. The fraction of sp³-hybridized carbons (Fsp3) is 0.250. The summed E-state index contributed by atoms with van der Waals surface area (Å²) in [7, 11) is 0. The van der Waals surface area contributed by atoms with Crippen LogP contribution in [0.1, 0.15) is 15.9 Å². The maximum Gasteiger partial charge on any atom is 0.574 e. The van der Waals surface area contributed by atoms with Crippen LogP contribution in [-0.2, 0) is 5.33 Å². The zero-order chi connectivity index (χ0) is 13.2. The molecule has 1 N–H and O–H groups in total. The number of aromatic nitrogens is 1. The largest absolute Gasteiger partial charge is 0.574 e. The van der Waals surface area contributed by atoms with Gasteiger partial charge in [-0.3, -0.25) is 0 Å². The van der Waals surface area contributed by atoms with E-state index in [9.17, 15) is 18.0 Å². The summed E-state index contributed by atoms with van der Waals surface area (Å²) < 4.78 is 39.6. The summed E-state index contributed by atoms with van der Waals surface area (Å²) in [6, 6.07) is 0.745. The first kappa shape index (κ1) is 14.5. The van der Waals surface area contributed by atoms with E-state index < -0.39 is 18.2 Å². The van der Waals surface area contributed by atoms with E-state index in [4.69, 9.17) is 5.11 Å². The number of ether oxygens (including phenoxy) is 1. The minimum absolute atomic E-state index is 0.138. The molecule has 0 fully saturated rings. The molecule has 0 aliphatic carbocycles.